The topological polar surface area (TPSA) is 115 Å². The number of hydrogen-bond donors (Lipinski definition) is 1. The minimum atomic E-state index is -2.28. The van der Waals surface area contributed by atoms with E-state index in [0.717, 1.165) is 14.2 Å². The molecule has 2 aliphatic rings. The summed E-state index contributed by atoms with van der Waals surface area (Å²) >= 11 is 12.3. The van der Waals surface area contributed by atoms with Crippen LogP contribution in [0.5, 0.6) is 5.75 Å². The van der Waals surface area contributed by atoms with E-state index >= 15 is 0 Å². The van der Waals surface area contributed by atoms with Crippen LogP contribution < -0.4 is 10.1 Å². The lowest BCUT2D eigenvalue weighted by Gasteiger charge is -2.26. The molecule has 0 amide bonds. The predicted octanol–water partition coefficient (Wildman–Crippen LogP) is 3.13. The Kier molecular flexibility index (Phi) is 5.55. The van der Waals surface area contributed by atoms with Gasteiger partial charge < -0.3 is 19.5 Å². The van der Waals surface area contributed by atoms with E-state index in [2.05, 4.69) is 5.32 Å². The van der Waals surface area contributed by atoms with Gasteiger partial charge in [0.05, 0.1) is 36.1 Å². The van der Waals surface area contributed by atoms with E-state index in [1.165, 1.54) is 12.1 Å². The van der Waals surface area contributed by atoms with E-state index < -0.39 is 34.4 Å². The van der Waals surface area contributed by atoms with E-state index in [1.54, 1.807) is 20.8 Å². The third-order valence-electron chi connectivity index (χ3n) is 4.67. The number of Topliss-reactive ketones (excluding diaryl/α,β-unsaturated/α-hetero) is 1. The molecule has 1 unspecified atom stereocenters. The van der Waals surface area contributed by atoms with Gasteiger partial charge in [-0.1, -0.05) is 23.2 Å². The number of rotatable bonds is 3. The van der Waals surface area contributed by atoms with Gasteiger partial charge in [0, 0.05) is 10.6 Å². The molecule has 1 aromatic carbocycles. The number of carbonyl (C=O) groups excluding carboxylic acids is 3. The lowest BCUT2D eigenvalue weighted by Crippen LogP contribution is -2.46. The molecule has 10 heteroatoms. The zero-order chi connectivity index (χ0) is 23.3. The molecule has 8 nitrogen and oxygen atoms in total. The lowest BCUT2D eigenvalue weighted by atomic mass is 9.84. The summed E-state index contributed by atoms with van der Waals surface area (Å²) in [7, 11) is 2.19. The van der Waals surface area contributed by atoms with Crippen molar-refractivity contribution in [2.45, 2.75) is 31.9 Å². The van der Waals surface area contributed by atoms with Crippen molar-refractivity contribution in [1.82, 2.24) is 5.32 Å². The molecule has 1 aromatic rings. The molecule has 0 radical (unpaired) electrons. The van der Waals surface area contributed by atoms with Crippen molar-refractivity contribution in [3.63, 3.8) is 0 Å². The standard InChI is InChI=1S/C21H18Cl2N2O6/c1-20(2,3)25-15-11(8-24)21(14(19(28)30-5)13(15)18(27)29-4)17(26)10-6-9(22)7-12(23)16(10)31-21/h6-7,25H,1-5H3. The average Bonchev–Trinajstić information content (AvgIpc) is 3.12. The van der Waals surface area contributed by atoms with Gasteiger partial charge in [0.25, 0.3) is 0 Å². The molecule has 31 heavy (non-hydrogen) atoms. The second kappa shape index (κ2) is 7.59. The highest BCUT2D eigenvalue weighted by atomic mass is 35.5. The smallest absolute Gasteiger partial charge is 0.340 e. The van der Waals surface area contributed by atoms with Crippen LogP contribution >= 0.6 is 23.2 Å². The number of nitrogens with one attached hydrogen (secondary N) is 1. The van der Waals surface area contributed by atoms with Crippen LogP contribution in [0.15, 0.2) is 34.5 Å². The van der Waals surface area contributed by atoms with Crippen LogP contribution in [0.4, 0.5) is 0 Å². The maximum atomic E-state index is 13.6. The van der Waals surface area contributed by atoms with Crippen molar-refractivity contribution in [3.8, 4) is 11.8 Å². The first-order chi connectivity index (χ1) is 14.4. The summed E-state index contributed by atoms with van der Waals surface area (Å²) in [6.45, 7) is 5.32. The number of benzene rings is 1. The van der Waals surface area contributed by atoms with Crippen LogP contribution in [0, 0.1) is 11.3 Å². The molecule has 1 heterocycles. The Hall–Kier alpha value is -3.02. The van der Waals surface area contributed by atoms with Crippen molar-refractivity contribution < 1.29 is 28.6 Å². The van der Waals surface area contributed by atoms with E-state index in [1.807, 2.05) is 6.07 Å². The van der Waals surface area contributed by atoms with Gasteiger partial charge >= 0.3 is 11.9 Å². The van der Waals surface area contributed by atoms with Crippen molar-refractivity contribution in [2.75, 3.05) is 14.2 Å². The number of ketones is 1. The molecule has 1 N–H and O–H groups in total. The first-order valence-electron chi connectivity index (χ1n) is 9.00. The molecular weight excluding hydrogens is 447 g/mol. The lowest BCUT2D eigenvalue weighted by molar-refractivity contribution is -0.140. The number of ether oxygens (including phenoxy) is 3. The summed E-state index contributed by atoms with van der Waals surface area (Å²) in [5, 5.41) is 13.2. The Morgan fingerprint density at radius 1 is 1.16 bits per heavy atom. The van der Waals surface area contributed by atoms with Gasteiger partial charge in [-0.25, -0.2) is 9.59 Å². The van der Waals surface area contributed by atoms with Crippen molar-refractivity contribution in [2.24, 2.45) is 0 Å². The average molecular weight is 465 g/mol. The first kappa shape index (κ1) is 22.7. The molecule has 0 saturated heterocycles. The third kappa shape index (κ3) is 3.34. The molecule has 1 aliphatic carbocycles. The highest BCUT2D eigenvalue weighted by Gasteiger charge is 2.64. The minimum absolute atomic E-state index is 0.00563. The van der Waals surface area contributed by atoms with E-state index in [9.17, 15) is 19.6 Å². The number of carbonyl (C=O) groups is 3. The van der Waals surface area contributed by atoms with E-state index in [-0.39, 0.29) is 38.2 Å². The number of nitriles is 1. The predicted molar refractivity (Wildman–Crippen MR) is 111 cm³/mol. The van der Waals surface area contributed by atoms with Crippen LogP contribution in [0.1, 0.15) is 31.1 Å². The van der Waals surface area contributed by atoms with Crippen LogP contribution in [-0.2, 0) is 19.1 Å². The van der Waals surface area contributed by atoms with Gasteiger partial charge in [-0.05, 0) is 32.9 Å². The molecule has 0 bridgehead atoms. The molecule has 1 aliphatic heterocycles. The number of hydrogen-bond acceptors (Lipinski definition) is 8. The van der Waals surface area contributed by atoms with Gasteiger partial charge in [0.2, 0.25) is 11.4 Å². The largest absolute Gasteiger partial charge is 0.466 e. The van der Waals surface area contributed by atoms with Gasteiger partial charge in [-0.3, -0.25) is 4.79 Å². The maximum absolute atomic E-state index is 13.6. The van der Waals surface area contributed by atoms with Crippen LogP contribution in [-0.4, -0.2) is 43.1 Å². The molecule has 3 rings (SSSR count). The second-order valence-corrected chi connectivity index (χ2v) is 8.69. The summed E-state index contributed by atoms with van der Waals surface area (Å²) in [5.74, 6) is -2.84. The monoisotopic (exact) mass is 464 g/mol. The normalized spacial score (nSPS) is 19.9. The summed E-state index contributed by atoms with van der Waals surface area (Å²) < 4.78 is 15.6. The number of fused-ring (bicyclic) bond motifs is 1. The number of halogens is 2. The van der Waals surface area contributed by atoms with Crippen LogP contribution in [0.3, 0.4) is 0 Å². The summed E-state index contributed by atoms with van der Waals surface area (Å²) in [5.41, 5.74) is -4.15. The van der Waals surface area contributed by atoms with Gasteiger partial charge in [0.15, 0.2) is 5.75 Å². The molecular formula is C21H18Cl2N2O6. The minimum Gasteiger partial charge on any atom is -0.466 e. The third-order valence-corrected chi connectivity index (χ3v) is 5.17. The van der Waals surface area contributed by atoms with E-state index in [0.29, 0.717) is 0 Å². The Morgan fingerprint density at radius 3 is 2.29 bits per heavy atom. The summed E-state index contributed by atoms with van der Waals surface area (Å²) in [6, 6.07) is 4.60. The maximum Gasteiger partial charge on any atom is 0.340 e. The number of esters is 2. The first-order valence-corrected chi connectivity index (χ1v) is 9.76. The van der Waals surface area contributed by atoms with Crippen molar-refractivity contribution in [1.29, 1.82) is 5.26 Å². The molecule has 0 fully saturated rings. The zero-order valence-electron chi connectivity index (χ0n) is 17.3. The Morgan fingerprint density at radius 2 is 1.77 bits per heavy atom. The second-order valence-electron chi connectivity index (χ2n) is 7.85. The molecule has 1 spiro atoms. The van der Waals surface area contributed by atoms with Crippen molar-refractivity contribution in [3.05, 3.63) is 50.2 Å². The highest BCUT2D eigenvalue weighted by molar-refractivity contribution is 6.37. The van der Waals surface area contributed by atoms with E-state index in [4.69, 9.17) is 37.4 Å². The van der Waals surface area contributed by atoms with Crippen LogP contribution in [0.2, 0.25) is 10.0 Å². The molecule has 1 atom stereocenters. The Labute approximate surface area is 188 Å². The fourth-order valence-electron chi connectivity index (χ4n) is 3.57. The quantitative estimate of drug-likeness (QED) is 0.678. The number of methoxy groups -OCH3 is 2. The van der Waals surface area contributed by atoms with Gasteiger partial charge in [0.1, 0.15) is 17.2 Å². The van der Waals surface area contributed by atoms with Crippen molar-refractivity contribution >= 4 is 40.9 Å². The SMILES string of the molecule is COC(=O)C1=C(C(=O)OC)C2(Oc3c(Cl)cc(Cl)cc3C2=O)C(C#N)=C1NC(C)(C)C. The Balaban J connectivity index is 2.45. The summed E-state index contributed by atoms with van der Waals surface area (Å²) in [4.78, 5) is 39.3. The number of nitrogens with zero attached hydrogens (tertiary/aromatic N) is 1. The fourth-order valence-corrected chi connectivity index (χ4v) is 4.10. The molecule has 162 valence electrons. The molecule has 0 aromatic heterocycles. The highest BCUT2D eigenvalue weighted by Crippen LogP contribution is 2.53. The zero-order valence-corrected chi connectivity index (χ0v) is 18.8. The van der Waals surface area contributed by atoms with Crippen LogP contribution in [0.25, 0.3) is 0 Å². The van der Waals surface area contributed by atoms with Gasteiger partial charge in [-0.2, -0.15) is 5.26 Å². The summed E-state index contributed by atoms with van der Waals surface area (Å²) in [6.07, 6.45) is 0. The fraction of sp³-hybridized carbons (Fsp3) is 0.333. The molecule has 0 saturated carbocycles. The Bertz CT molecular complexity index is 1140. The van der Waals surface area contributed by atoms with Gasteiger partial charge in [-0.15, -0.1) is 0 Å².